The summed E-state index contributed by atoms with van der Waals surface area (Å²) >= 11 is 0. The molecule has 4 heteroatoms. The van der Waals surface area contributed by atoms with Crippen molar-refractivity contribution >= 4 is 0 Å². The van der Waals surface area contributed by atoms with Crippen molar-refractivity contribution in [2.24, 2.45) is 0 Å². The van der Waals surface area contributed by atoms with Crippen LogP contribution in [0.3, 0.4) is 0 Å². The van der Waals surface area contributed by atoms with E-state index in [0.717, 1.165) is 29.2 Å². The maximum Gasteiger partial charge on any atom is 0.140 e. The monoisotopic (exact) mass is 274 g/mol. The van der Waals surface area contributed by atoms with Gasteiger partial charge < -0.3 is 14.6 Å². The molecule has 1 heterocycles. The standard InChI is InChI=1S/C16H22N2O2/c1-5-16(17-4)13-6-8-14(9-7-13)19-10-15-11(2)18-20-12(15)3/h6-9,16-17H,5,10H2,1-4H3. The Labute approximate surface area is 120 Å². The van der Waals surface area contributed by atoms with Gasteiger partial charge in [0.05, 0.1) is 11.3 Å². The number of aromatic nitrogens is 1. The van der Waals surface area contributed by atoms with Crippen molar-refractivity contribution < 1.29 is 9.26 Å². The molecule has 1 atom stereocenters. The van der Waals surface area contributed by atoms with Crippen LogP contribution in [0.25, 0.3) is 0 Å². The first-order valence-electron chi connectivity index (χ1n) is 6.97. The molecule has 2 rings (SSSR count). The van der Waals surface area contributed by atoms with Crippen LogP contribution in [0.15, 0.2) is 28.8 Å². The smallest absolute Gasteiger partial charge is 0.140 e. The molecule has 0 aliphatic rings. The fourth-order valence-corrected chi connectivity index (χ4v) is 2.27. The van der Waals surface area contributed by atoms with Crippen LogP contribution in [0.5, 0.6) is 5.75 Å². The zero-order chi connectivity index (χ0) is 14.5. The van der Waals surface area contributed by atoms with Crippen molar-refractivity contribution in [1.82, 2.24) is 10.5 Å². The Balaban J connectivity index is 2.01. The van der Waals surface area contributed by atoms with E-state index in [1.54, 1.807) is 0 Å². The highest BCUT2D eigenvalue weighted by Crippen LogP contribution is 2.21. The van der Waals surface area contributed by atoms with Crippen LogP contribution in [0.4, 0.5) is 0 Å². The molecule has 20 heavy (non-hydrogen) atoms. The van der Waals surface area contributed by atoms with Gasteiger partial charge in [0.1, 0.15) is 18.1 Å². The van der Waals surface area contributed by atoms with Crippen LogP contribution in [-0.2, 0) is 6.61 Å². The summed E-state index contributed by atoms with van der Waals surface area (Å²) in [6.45, 7) is 6.49. The van der Waals surface area contributed by atoms with E-state index in [2.05, 4.69) is 29.5 Å². The number of nitrogens with zero attached hydrogens (tertiary/aromatic N) is 1. The molecule has 1 aromatic carbocycles. The summed E-state index contributed by atoms with van der Waals surface area (Å²) in [6, 6.07) is 8.62. The molecular formula is C16H22N2O2. The number of ether oxygens (including phenoxy) is 1. The highest BCUT2D eigenvalue weighted by atomic mass is 16.5. The first-order valence-corrected chi connectivity index (χ1v) is 6.97. The Hall–Kier alpha value is -1.81. The Morgan fingerprint density at radius 1 is 1.25 bits per heavy atom. The van der Waals surface area contributed by atoms with E-state index >= 15 is 0 Å². The molecule has 0 amide bonds. The minimum atomic E-state index is 0.395. The number of benzene rings is 1. The van der Waals surface area contributed by atoms with Crippen LogP contribution in [0.1, 0.15) is 42.0 Å². The van der Waals surface area contributed by atoms with Gasteiger partial charge in [0, 0.05) is 6.04 Å². The summed E-state index contributed by atoms with van der Waals surface area (Å²) in [5, 5.41) is 7.22. The van der Waals surface area contributed by atoms with E-state index in [0.29, 0.717) is 12.6 Å². The Kier molecular flexibility index (Phi) is 4.79. The number of aryl methyl sites for hydroxylation is 2. The predicted octanol–water partition coefficient (Wildman–Crippen LogP) is 3.54. The van der Waals surface area contributed by atoms with Crippen LogP contribution in [-0.4, -0.2) is 12.2 Å². The summed E-state index contributed by atoms with van der Waals surface area (Å²) in [6.07, 6.45) is 1.07. The zero-order valence-electron chi connectivity index (χ0n) is 12.6. The van der Waals surface area contributed by atoms with Crippen LogP contribution in [0.2, 0.25) is 0 Å². The molecule has 108 valence electrons. The lowest BCUT2D eigenvalue weighted by atomic mass is 10.0. The van der Waals surface area contributed by atoms with E-state index in [1.807, 2.05) is 33.0 Å². The van der Waals surface area contributed by atoms with E-state index in [1.165, 1.54) is 5.56 Å². The van der Waals surface area contributed by atoms with Crippen LogP contribution >= 0.6 is 0 Å². The van der Waals surface area contributed by atoms with Crippen LogP contribution < -0.4 is 10.1 Å². The summed E-state index contributed by atoms with van der Waals surface area (Å²) < 4.78 is 10.9. The second-order valence-corrected chi connectivity index (χ2v) is 4.91. The lowest BCUT2D eigenvalue weighted by molar-refractivity contribution is 0.301. The first kappa shape index (κ1) is 14.6. The van der Waals surface area contributed by atoms with E-state index < -0.39 is 0 Å². The van der Waals surface area contributed by atoms with Crippen molar-refractivity contribution in [2.45, 2.75) is 39.8 Å². The average molecular weight is 274 g/mol. The van der Waals surface area contributed by atoms with E-state index in [9.17, 15) is 0 Å². The Morgan fingerprint density at radius 3 is 2.45 bits per heavy atom. The third-order valence-corrected chi connectivity index (χ3v) is 3.60. The van der Waals surface area contributed by atoms with Gasteiger partial charge in [-0.25, -0.2) is 0 Å². The zero-order valence-corrected chi connectivity index (χ0v) is 12.6. The number of hydrogen-bond acceptors (Lipinski definition) is 4. The van der Waals surface area contributed by atoms with Crippen molar-refractivity contribution in [3.8, 4) is 5.75 Å². The van der Waals surface area contributed by atoms with Crippen LogP contribution in [0, 0.1) is 13.8 Å². The topological polar surface area (TPSA) is 47.3 Å². The molecule has 0 aliphatic carbocycles. The van der Waals surface area contributed by atoms with Gasteiger partial charge in [0.25, 0.3) is 0 Å². The van der Waals surface area contributed by atoms with Gasteiger partial charge in [-0.15, -0.1) is 0 Å². The predicted molar refractivity (Wildman–Crippen MR) is 78.8 cm³/mol. The number of nitrogens with one attached hydrogen (secondary N) is 1. The van der Waals surface area contributed by atoms with Crippen molar-refractivity contribution in [1.29, 1.82) is 0 Å². The lowest BCUT2D eigenvalue weighted by Crippen LogP contribution is -2.14. The molecule has 0 saturated carbocycles. The van der Waals surface area contributed by atoms with E-state index in [-0.39, 0.29) is 0 Å². The van der Waals surface area contributed by atoms with Crippen molar-refractivity contribution in [3.63, 3.8) is 0 Å². The minimum absolute atomic E-state index is 0.395. The number of rotatable bonds is 6. The molecule has 0 saturated heterocycles. The largest absolute Gasteiger partial charge is 0.489 e. The Bertz CT molecular complexity index is 523. The molecule has 2 aromatic rings. The van der Waals surface area contributed by atoms with Crippen molar-refractivity contribution in [3.05, 3.63) is 46.8 Å². The molecule has 0 bridgehead atoms. The molecule has 1 unspecified atom stereocenters. The fraction of sp³-hybridized carbons (Fsp3) is 0.438. The third kappa shape index (κ3) is 3.20. The highest BCUT2D eigenvalue weighted by Gasteiger charge is 2.10. The first-order chi connectivity index (χ1) is 9.65. The minimum Gasteiger partial charge on any atom is -0.489 e. The number of hydrogen-bond donors (Lipinski definition) is 1. The van der Waals surface area contributed by atoms with Gasteiger partial charge in [0.15, 0.2) is 0 Å². The SMILES string of the molecule is CCC(NC)c1ccc(OCc2c(C)noc2C)cc1. The molecule has 0 radical (unpaired) electrons. The molecule has 0 aliphatic heterocycles. The maximum absolute atomic E-state index is 5.79. The third-order valence-electron chi connectivity index (χ3n) is 3.60. The quantitative estimate of drug-likeness (QED) is 0.875. The molecule has 0 spiro atoms. The lowest BCUT2D eigenvalue weighted by Gasteiger charge is -2.14. The molecule has 1 N–H and O–H groups in total. The fourth-order valence-electron chi connectivity index (χ4n) is 2.27. The molecular weight excluding hydrogens is 252 g/mol. The van der Waals surface area contributed by atoms with Gasteiger partial charge in [-0.3, -0.25) is 0 Å². The summed E-state index contributed by atoms with van der Waals surface area (Å²) in [4.78, 5) is 0. The van der Waals surface area contributed by atoms with Gasteiger partial charge in [-0.05, 0) is 45.0 Å². The second kappa shape index (κ2) is 6.57. The molecule has 4 nitrogen and oxygen atoms in total. The summed E-state index contributed by atoms with van der Waals surface area (Å²) in [5.74, 6) is 1.68. The van der Waals surface area contributed by atoms with Gasteiger partial charge >= 0.3 is 0 Å². The Morgan fingerprint density at radius 2 is 1.95 bits per heavy atom. The maximum atomic E-state index is 5.79. The van der Waals surface area contributed by atoms with Crippen molar-refractivity contribution in [2.75, 3.05) is 7.05 Å². The van der Waals surface area contributed by atoms with Gasteiger partial charge in [0.2, 0.25) is 0 Å². The second-order valence-electron chi connectivity index (χ2n) is 4.91. The highest BCUT2D eigenvalue weighted by molar-refractivity contribution is 5.30. The van der Waals surface area contributed by atoms with Gasteiger partial charge in [-0.1, -0.05) is 24.2 Å². The van der Waals surface area contributed by atoms with E-state index in [4.69, 9.17) is 9.26 Å². The summed E-state index contributed by atoms with van der Waals surface area (Å²) in [5.41, 5.74) is 3.19. The molecule has 0 fully saturated rings. The summed E-state index contributed by atoms with van der Waals surface area (Å²) in [7, 11) is 1.98. The normalized spacial score (nSPS) is 12.4. The average Bonchev–Trinajstić information content (AvgIpc) is 2.78. The molecule has 1 aromatic heterocycles. The van der Waals surface area contributed by atoms with Gasteiger partial charge in [-0.2, -0.15) is 0 Å².